The van der Waals surface area contributed by atoms with Crippen molar-refractivity contribution in [3.05, 3.63) is 54.6 Å². The monoisotopic (exact) mass is 143 g/mol. The third kappa shape index (κ3) is 1.81. The molecular weight excluding hydrogens is 132 g/mol. The van der Waals surface area contributed by atoms with Crippen molar-refractivity contribution in [3.63, 3.8) is 0 Å². The lowest BCUT2D eigenvalue weighted by atomic mass is 10.1. The van der Waals surface area contributed by atoms with Gasteiger partial charge in [-0.1, -0.05) is 43.0 Å². The van der Waals surface area contributed by atoms with Gasteiger partial charge in [0.2, 0.25) is 0 Å². The van der Waals surface area contributed by atoms with Crippen LogP contribution in [-0.2, 0) is 6.42 Å². The van der Waals surface area contributed by atoms with Crippen LogP contribution < -0.4 is 0 Å². The maximum atomic E-state index is 5.42. The fraction of sp³-hybridized carbons (Fsp3) is 0.0909. The van der Waals surface area contributed by atoms with E-state index in [0.717, 1.165) is 12.0 Å². The van der Waals surface area contributed by atoms with Crippen LogP contribution in [-0.4, -0.2) is 0 Å². The molecule has 0 fully saturated rings. The molecule has 0 heteroatoms. The van der Waals surface area contributed by atoms with Gasteiger partial charge in [0.15, 0.2) is 0 Å². The lowest BCUT2D eigenvalue weighted by molar-refractivity contribution is 1.26. The van der Waals surface area contributed by atoms with E-state index in [-0.39, 0.29) is 0 Å². The number of rotatable bonds is 3. The standard InChI is InChI=1S/C11H11/c1-3-7-11-9-6-5-8-10(11)4-2/h2-6,8-9H,1,7H2. The number of hydrogen-bond donors (Lipinski definition) is 0. The third-order valence-corrected chi connectivity index (χ3v) is 1.60. The molecule has 55 valence electrons. The Labute approximate surface area is 67.9 Å². The topological polar surface area (TPSA) is 0 Å². The van der Waals surface area contributed by atoms with Gasteiger partial charge in [0.25, 0.3) is 0 Å². The quantitative estimate of drug-likeness (QED) is 0.571. The van der Waals surface area contributed by atoms with E-state index in [0.29, 0.717) is 0 Å². The predicted octanol–water partition coefficient (Wildman–Crippen LogP) is 2.86. The zero-order chi connectivity index (χ0) is 8.10. The second kappa shape index (κ2) is 3.77. The van der Waals surface area contributed by atoms with Gasteiger partial charge in [-0.05, 0) is 17.5 Å². The summed E-state index contributed by atoms with van der Waals surface area (Å²) < 4.78 is 0. The molecule has 11 heavy (non-hydrogen) atoms. The molecule has 0 unspecified atom stereocenters. The molecule has 0 heterocycles. The van der Waals surface area contributed by atoms with Crippen LogP contribution >= 0.6 is 0 Å². The second-order valence-electron chi connectivity index (χ2n) is 2.36. The van der Waals surface area contributed by atoms with Crippen LogP contribution in [0.2, 0.25) is 0 Å². The van der Waals surface area contributed by atoms with Crippen LogP contribution in [0.3, 0.4) is 0 Å². The maximum Gasteiger partial charge on any atom is -0.00942 e. The minimum absolute atomic E-state index is 0.879. The third-order valence-electron chi connectivity index (χ3n) is 1.60. The normalized spacial score (nSPS) is 9.09. The molecule has 0 bridgehead atoms. The smallest absolute Gasteiger partial charge is 0.00942 e. The first-order chi connectivity index (χ1) is 5.38. The Kier molecular flexibility index (Phi) is 2.67. The summed E-state index contributed by atoms with van der Waals surface area (Å²) in [5, 5.41) is 0. The van der Waals surface area contributed by atoms with E-state index in [9.17, 15) is 0 Å². The van der Waals surface area contributed by atoms with Crippen LogP contribution in [0.4, 0.5) is 0 Å². The van der Waals surface area contributed by atoms with Crippen molar-refractivity contribution in [1.82, 2.24) is 0 Å². The van der Waals surface area contributed by atoms with Crippen LogP contribution in [0.1, 0.15) is 11.1 Å². The van der Waals surface area contributed by atoms with Crippen molar-refractivity contribution in [2.45, 2.75) is 6.42 Å². The van der Waals surface area contributed by atoms with Crippen molar-refractivity contribution in [3.8, 4) is 0 Å². The van der Waals surface area contributed by atoms with Crippen molar-refractivity contribution in [1.29, 1.82) is 0 Å². The van der Waals surface area contributed by atoms with Crippen molar-refractivity contribution >= 4 is 6.08 Å². The van der Waals surface area contributed by atoms with Crippen LogP contribution in [0.15, 0.2) is 36.9 Å². The van der Waals surface area contributed by atoms with E-state index in [2.05, 4.69) is 12.6 Å². The zero-order valence-electron chi connectivity index (χ0n) is 6.46. The van der Waals surface area contributed by atoms with E-state index >= 15 is 0 Å². The first-order valence-corrected chi connectivity index (χ1v) is 3.62. The van der Waals surface area contributed by atoms with E-state index in [4.69, 9.17) is 6.58 Å². The molecule has 0 aromatic heterocycles. The molecule has 0 saturated heterocycles. The predicted molar refractivity (Wildman–Crippen MR) is 49.1 cm³/mol. The Morgan fingerprint density at radius 1 is 1.36 bits per heavy atom. The molecule has 0 nitrogen and oxygen atoms in total. The van der Waals surface area contributed by atoms with E-state index in [1.165, 1.54) is 5.56 Å². The largest absolute Gasteiger partial charge is 0.103 e. The molecule has 1 rings (SSSR count). The van der Waals surface area contributed by atoms with Gasteiger partial charge in [0, 0.05) is 0 Å². The van der Waals surface area contributed by atoms with E-state index in [1.54, 1.807) is 6.08 Å². The molecule has 0 aliphatic carbocycles. The van der Waals surface area contributed by atoms with Crippen molar-refractivity contribution in [2.75, 3.05) is 0 Å². The second-order valence-corrected chi connectivity index (χ2v) is 2.36. The number of hydrogen-bond acceptors (Lipinski definition) is 0. The minimum Gasteiger partial charge on any atom is -0.103 e. The molecule has 0 aliphatic rings. The fourth-order valence-electron chi connectivity index (χ4n) is 1.04. The van der Waals surface area contributed by atoms with Crippen LogP contribution in [0.5, 0.6) is 0 Å². The van der Waals surface area contributed by atoms with Gasteiger partial charge >= 0.3 is 0 Å². The maximum absolute atomic E-state index is 5.42. The van der Waals surface area contributed by atoms with Gasteiger partial charge in [0.1, 0.15) is 0 Å². The molecule has 0 saturated carbocycles. The Morgan fingerprint density at radius 3 is 2.73 bits per heavy atom. The number of benzene rings is 1. The molecular formula is C11H11. The summed E-state index contributed by atoms with van der Waals surface area (Å²) in [6.07, 6.45) is 4.38. The summed E-state index contributed by atoms with van der Waals surface area (Å²) in [5.41, 5.74) is 2.32. The van der Waals surface area contributed by atoms with Gasteiger partial charge in [-0.15, -0.1) is 6.58 Å². The lowest BCUT2D eigenvalue weighted by Gasteiger charge is -2.00. The van der Waals surface area contributed by atoms with Crippen LogP contribution in [0, 0.1) is 6.58 Å². The highest BCUT2D eigenvalue weighted by atomic mass is 14.0. The Hall–Kier alpha value is -1.30. The highest BCUT2D eigenvalue weighted by molar-refractivity contribution is 5.51. The van der Waals surface area contributed by atoms with Gasteiger partial charge in [-0.25, -0.2) is 0 Å². The molecule has 0 amide bonds. The van der Waals surface area contributed by atoms with Gasteiger partial charge in [-0.2, -0.15) is 0 Å². The first-order valence-electron chi connectivity index (χ1n) is 3.62. The lowest BCUT2D eigenvalue weighted by Crippen LogP contribution is -1.84. The summed E-state index contributed by atoms with van der Waals surface area (Å²) >= 11 is 0. The molecule has 0 atom stereocenters. The van der Waals surface area contributed by atoms with E-state index in [1.807, 2.05) is 24.3 Å². The van der Waals surface area contributed by atoms with Gasteiger partial charge < -0.3 is 0 Å². The fourth-order valence-corrected chi connectivity index (χ4v) is 1.04. The Morgan fingerprint density at radius 2 is 2.09 bits per heavy atom. The molecule has 1 aromatic carbocycles. The summed E-state index contributed by atoms with van der Waals surface area (Å²) in [6.45, 7) is 9.10. The molecule has 0 N–H and O–H groups in total. The van der Waals surface area contributed by atoms with Crippen molar-refractivity contribution < 1.29 is 0 Å². The summed E-state index contributed by atoms with van der Waals surface area (Å²) in [5.74, 6) is 0. The van der Waals surface area contributed by atoms with Crippen molar-refractivity contribution in [2.24, 2.45) is 0 Å². The average molecular weight is 143 g/mol. The highest BCUT2D eigenvalue weighted by Gasteiger charge is 1.93. The molecule has 0 spiro atoms. The average Bonchev–Trinajstić information content (AvgIpc) is 2.06. The number of allylic oxidation sites excluding steroid dienone is 1. The Bertz CT molecular complexity index is 258. The van der Waals surface area contributed by atoms with Crippen LogP contribution in [0.25, 0.3) is 6.08 Å². The highest BCUT2D eigenvalue weighted by Crippen LogP contribution is 2.10. The summed E-state index contributed by atoms with van der Waals surface area (Å²) in [4.78, 5) is 0. The SMILES string of the molecule is [CH]=Cc1ccccc1CC=C. The van der Waals surface area contributed by atoms with Gasteiger partial charge in [0.05, 0.1) is 0 Å². The van der Waals surface area contributed by atoms with E-state index < -0.39 is 0 Å². The minimum atomic E-state index is 0.879. The molecule has 0 aliphatic heterocycles. The molecule has 1 aromatic rings. The molecule has 1 radical (unpaired) electrons. The Balaban J connectivity index is 3.01. The first kappa shape index (κ1) is 7.80. The summed E-state index contributed by atoms with van der Waals surface area (Å²) in [6, 6.07) is 8.04. The summed E-state index contributed by atoms with van der Waals surface area (Å²) in [7, 11) is 0. The zero-order valence-corrected chi connectivity index (χ0v) is 6.46. The van der Waals surface area contributed by atoms with Gasteiger partial charge in [-0.3, -0.25) is 0 Å².